The summed E-state index contributed by atoms with van der Waals surface area (Å²) < 4.78 is 26.7. The molecule has 0 saturated heterocycles. The topological polar surface area (TPSA) is 159 Å². The summed E-state index contributed by atoms with van der Waals surface area (Å²) in [5.41, 5.74) is 1.11. The highest BCUT2D eigenvalue weighted by Crippen LogP contribution is 2.33. The summed E-state index contributed by atoms with van der Waals surface area (Å²) in [6, 6.07) is 12.4. The molecule has 1 heterocycles. The zero-order valence-corrected chi connectivity index (χ0v) is 20.2. The van der Waals surface area contributed by atoms with E-state index in [0.29, 0.717) is 30.2 Å². The molecule has 2 aromatic carbocycles. The number of hydrogen-bond donors (Lipinski definition) is 3. The molecule has 0 aliphatic heterocycles. The van der Waals surface area contributed by atoms with Gasteiger partial charge in [-0.25, -0.2) is 18.4 Å². The normalized spacial score (nSPS) is 11.2. The van der Waals surface area contributed by atoms with Crippen LogP contribution in [0.3, 0.4) is 0 Å². The van der Waals surface area contributed by atoms with E-state index in [2.05, 4.69) is 25.9 Å². The molecule has 1 amide bonds. The largest absolute Gasteiger partial charge is 0.353 e. The minimum absolute atomic E-state index is 0.0412. The fourth-order valence-corrected chi connectivity index (χ4v) is 4.73. The van der Waals surface area contributed by atoms with Crippen LogP contribution in [0.25, 0.3) is 0 Å². The summed E-state index contributed by atoms with van der Waals surface area (Å²) in [6.45, 7) is 5.60. The van der Waals surface area contributed by atoms with Gasteiger partial charge in [0.2, 0.25) is 27.6 Å². The number of benzene rings is 2. The number of sulfonamides is 1. The van der Waals surface area contributed by atoms with Crippen molar-refractivity contribution in [2.75, 3.05) is 29.0 Å². The maximum absolute atomic E-state index is 12.7. The van der Waals surface area contributed by atoms with Crippen molar-refractivity contribution in [2.24, 2.45) is 0 Å². The summed E-state index contributed by atoms with van der Waals surface area (Å²) in [6.07, 6.45) is 1.17. The minimum Gasteiger partial charge on any atom is -0.334 e. The molecule has 1 aromatic heterocycles. The predicted octanol–water partition coefficient (Wildman–Crippen LogP) is 3.86. The number of aromatic nitrogens is 2. The van der Waals surface area contributed by atoms with E-state index in [-0.39, 0.29) is 22.4 Å². The molecule has 13 heteroatoms. The first-order valence-corrected chi connectivity index (χ1v) is 12.1. The van der Waals surface area contributed by atoms with Crippen LogP contribution in [-0.2, 0) is 14.8 Å². The van der Waals surface area contributed by atoms with Gasteiger partial charge in [-0.3, -0.25) is 14.9 Å². The summed E-state index contributed by atoms with van der Waals surface area (Å²) in [4.78, 5) is 30.5. The maximum atomic E-state index is 12.7. The number of nitro groups is 1. The third-order valence-electron chi connectivity index (χ3n) is 4.93. The Kier molecular flexibility index (Phi) is 7.94. The van der Waals surface area contributed by atoms with Crippen molar-refractivity contribution in [3.63, 3.8) is 0 Å². The molecule has 0 fully saturated rings. The highest BCUT2D eigenvalue weighted by Gasteiger charge is 2.24. The first kappa shape index (κ1) is 25.5. The van der Waals surface area contributed by atoms with E-state index in [0.717, 1.165) is 0 Å². The molecule has 12 nitrogen and oxygen atoms in total. The molecule has 0 aliphatic rings. The van der Waals surface area contributed by atoms with Crippen LogP contribution in [0.2, 0.25) is 0 Å². The molecule has 3 N–H and O–H groups in total. The number of carbonyl (C=O) groups is 1. The highest BCUT2D eigenvalue weighted by atomic mass is 32.2. The number of rotatable bonds is 10. The van der Waals surface area contributed by atoms with E-state index in [1.54, 1.807) is 38.1 Å². The van der Waals surface area contributed by atoms with E-state index in [1.807, 2.05) is 0 Å². The van der Waals surface area contributed by atoms with Gasteiger partial charge < -0.3 is 16.0 Å². The molecular weight excluding hydrogens is 474 g/mol. The van der Waals surface area contributed by atoms with Gasteiger partial charge in [0.05, 0.1) is 9.82 Å². The van der Waals surface area contributed by atoms with Crippen molar-refractivity contribution in [1.82, 2.24) is 14.3 Å². The quantitative estimate of drug-likeness (QED) is 0.278. The Balaban J connectivity index is 1.85. The lowest BCUT2D eigenvalue weighted by molar-refractivity contribution is -0.383. The van der Waals surface area contributed by atoms with Crippen molar-refractivity contribution >= 4 is 50.3 Å². The van der Waals surface area contributed by atoms with E-state index in [1.165, 1.54) is 41.8 Å². The Morgan fingerprint density at radius 2 is 1.37 bits per heavy atom. The van der Waals surface area contributed by atoms with E-state index in [9.17, 15) is 23.3 Å². The Labute approximate surface area is 202 Å². The second-order valence-corrected chi connectivity index (χ2v) is 9.24. The molecule has 0 aliphatic carbocycles. The van der Waals surface area contributed by atoms with Crippen molar-refractivity contribution in [3.8, 4) is 0 Å². The predicted molar refractivity (Wildman–Crippen MR) is 133 cm³/mol. The second-order valence-electron chi connectivity index (χ2n) is 7.30. The van der Waals surface area contributed by atoms with Gasteiger partial charge in [-0.05, 0) is 48.5 Å². The third kappa shape index (κ3) is 6.07. The second kappa shape index (κ2) is 10.9. The van der Waals surface area contributed by atoms with Crippen LogP contribution in [0.15, 0.2) is 59.8 Å². The fraction of sp³-hybridized carbons (Fsp3) is 0.227. The zero-order valence-electron chi connectivity index (χ0n) is 19.3. The van der Waals surface area contributed by atoms with Gasteiger partial charge in [0.1, 0.15) is 6.33 Å². The lowest BCUT2D eigenvalue weighted by Gasteiger charge is -2.18. The summed E-state index contributed by atoms with van der Waals surface area (Å²) in [5, 5.41) is 20.2. The zero-order chi connectivity index (χ0) is 25.6. The lowest BCUT2D eigenvalue weighted by atomic mass is 10.2. The van der Waals surface area contributed by atoms with Crippen LogP contribution in [0.4, 0.5) is 34.4 Å². The molecule has 0 spiro atoms. The van der Waals surface area contributed by atoms with E-state index >= 15 is 0 Å². The van der Waals surface area contributed by atoms with Gasteiger partial charge in [-0.2, -0.15) is 4.31 Å². The molecule has 0 radical (unpaired) electrons. The molecule has 3 rings (SSSR count). The Hall–Kier alpha value is -4.10. The van der Waals surface area contributed by atoms with Crippen LogP contribution in [-0.4, -0.2) is 46.6 Å². The van der Waals surface area contributed by atoms with Gasteiger partial charge in [-0.15, -0.1) is 0 Å². The van der Waals surface area contributed by atoms with Crippen LogP contribution < -0.4 is 16.0 Å². The third-order valence-corrected chi connectivity index (χ3v) is 7.00. The maximum Gasteiger partial charge on any atom is 0.353 e. The van der Waals surface area contributed by atoms with Gasteiger partial charge in [0.25, 0.3) is 0 Å². The van der Waals surface area contributed by atoms with Crippen LogP contribution in [0.1, 0.15) is 20.8 Å². The van der Waals surface area contributed by atoms with Gasteiger partial charge >= 0.3 is 5.69 Å². The minimum atomic E-state index is -3.63. The van der Waals surface area contributed by atoms with Crippen molar-refractivity contribution in [3.05, 3.63) is 65.0 Å². The van der Waals surface area contributed by atoms with Crippen molar-refractivity contribution < 1.29 is 18.1 Å². The molecule has 3 aromatic rings. The number of carbonyl (C=O) groups excluding carboxylic acids is 1. The van der Waals surface area contributed by atoms with Crippen LogP contribution in [0.5, 0.6) is 0 Å². The Bertz CT molecular complexity index is 1310. The molecule has 0 bridgehead atoms. The van der Waals surface area contributed by atoms with Crippen molar-refractivity contribution in [1.29, 1.82) is 0 Å². The lowest BCUT2D eigenvalue weighted by Crippen LogP contribution is -2.30. The number of nitrogens with one attached hydrogen (secondary N) is 3. The van der Waals surface area contributed by atoms with Gasteiger partial charge in [-0.1, -0.05) is 13.8 Å². The average molecular weight is 500 g/mol. The highest BCUT2D eigenvalue weighted by molar-refractivity contribution is 7.89. The SMILES string of the molecule is CCN(CC)S(=O)(=O)c1ccc(Nc2ncnc(Nc3ccc(NC(C)=O)cc3)c2[N+](=O)[O-])cc1. The fourth-order valence-electron chi connectivity index (χ4n) is 3.27. The van der Waals surface area contributed by atoms with E-state index < -0.39 is 20.6 Å². The van der Waals surface area contributed by atoms with Crippen LogP contribution in [0, 0.1) is 10.1 Å². The first-order valence-electron chi connectivity index (χ1n) is 10.7. The smallest absolute Gasteiger partial charge is 0.334 e. The number of amides is 1. The monoisotopic (exact) mass is 499 g/mol. The molecule has 35 heavy (non-hydrogen) atoms. The molecule has 0 unspecified atom stereocenters. The first-order chi connectivity index (χ1) is 16.6. The number of nitrogens with zero attached hydrogens (tertiary/aromatic N) is 4. The summed E-state index contributed by atoms with van der Waals surface area (Å²) >= 11 is 0. The van der Waals surface area contributed by atoms with Crippen LogP contribution >= 0.6 is 0 Å². The average Bonchev–Trinajstić information content (AvgIpc) is 2.81. The van der Waals surface area contributed by atoms with E-state index in [4.69, 9.17) is 0 Å². The molecule has 0 atom stereocenters. The van der Waals surface area contributed by atoms with Crippen molar-refractivity contribution in [2.45, 2.75) is 25.7 Å². The summed E-state index contributed by atoms with van der Waals surface area (Å²) in [7, 11) is -3.63. The molecule has 184 valence electrons. The molecular formula is C22H25N7O5S. The standard InChI is InChI=1S/C22H25N7O5S/c1-4-28(5-2)35(33,34)19-12-10-18(11-13-19)27-22-20(29(31)32)21(23-14-24-22)26-17-8-6-16(7-9-17)25-15(3)30/h6-14H,4-5H2,1-3H3,(H,25,30)(H2,23,24,26,27). The number of anilines is 5. The summed E-state index contributed by atoms with van der Waals surface area (Å²) in [5.74, 6) is -0.325. The van der Waals surface area contributed by atoms with Gasteiger partial charge in [0.15, 0.2) is 0 Å². The Morgan fingerprint density at radius 1 is 0.914 bits per heavy atom. The number of hydrogen-bond acceptors (Lipinski definition) is 9. The van der Waals surface area contributed by atoms with Gasteiger partial charge in [0, 0.05) is 37.1 Å². The Morgan fingerprint density at radius 3 is 1.80 bits per heavy atom. The molecule has 0 saturated carbocycles.